The van der Waals surface area contributed by atoms with Gasteiger partial charge >= 0.3 is 6.18 Å². The zero-order valence-electron chi connectivity index (χ0n) is 11.4. The van der Waals surface area contributed by atoms with Crippen molar-refractivity contribution in [2.24, 2.45) is 5.73 Å². The Balaban J connectivity index is 2.34. The lowest BCUT2D eigenvalue weighted by Gasteiger charge is -2.16. The lowest BCUT2D eigenvalue weighted by atomic mass is 10.1. The second-order valence-corrected chi connectivity index (χ2v) is 4.44. The number of hydrogen-bond donors (Lipinski definition) is 2. The molecule has 0 unspecified atom stereocenters. The molecule has 0 amide bonds. The minimum absolute atomic E-state index is 0.0243. The van der Waals surface area contributed by atoms with Gasteiger partial charge in [-0.25, -0.2) is 0 Å². The van der Waals surface area contributed by atoms with Crippen LogP contribution >= 0.6 is 0 Å². The van der Waals surface area contributed by atoms with E-state index in [9.17, 15) is 13.2 Å². The van der Waals surface area contributed by atoms with E-state index in [4.69, 9.17) is 10.5 Å². The zero-order chi connectivity index (χ0) is 15.5. The minimum atomic E-state index is -4.46. The van der Waals surface area contributed by atoms with E-state index in [1.165, 1.54) is 19.2 Å². The fraction of sp³-hybridized carbons (Fsp3) is 0.200. The smallest absolute Gasteiger partial charge is 0.418 e. The summed E-state index contributed by atoms with van der Waals surface area (Å²) in [4.78, 5) is 0. The SMILES string of the molecule is COc1ccc(Nc2ccc(CN)cc2)c(C(F)(F)F)c1. The average Bonchev–Trinajstić information content (AvgIpc) is 2.47. The summed E-state index contributed by atoms with van der Waals surface area (Å²) in [6.45, 7) is 0.386. The van der Waals surface area contributed by atoms with E-state index in [0.717, 1.165) is 11.6 Å². The van der Waals surface area contributed by atoms with Crippen LogP contribution < -0.4 is 15.8 Å². The molecular weight excluding hydrogens is 281 g/mol. The van der Waals surface area contributed by atoms with E-state index < -0.39 is 11.7 Å². The quantitative estimate of drug-likeness (QED) is 0.899. The molecule has 0 atom stereocenters. The van der Waals surface area contributed by atoms with E-state index in [1.807, 2.05) is 0 Å². The number of hydrogen-bond acceptors (Lipinski definition) is 3. The minimum Gasteiger partial charge on any atom is -0.497 e. The summed E-state index contributed by atoms with van der Waals surface area (Å²) in [7, 11) is 1.33. The summed E-state index contributed by atoms with van der Waals surface area (Å²) in [6.07, 6.45) is -4.46. The first-order valence-electron chi connectivity index (χ1n) is 6.25. The fourth-order valence-corrected chi connectivity index (χ4v) is 1.87. The fourth-order valence-electron chi connectivity index (χ4n) is 1.87. The van der Waals surface area contributed by atoms with Crippen LogP contribution in [0.25, 0.3) is 0 Å². The monoisotopic (exact) mass is 296 g/mol. The van der Waals surface area contributed by atoms with E-state index in [2.05, 4.69) is 5.32 Å². The molecular formula is C15H15F3N2O. The maximum absolute atomic E-state index is 13.1. The largest absolute Gasteiger partial charge is 0.497 e. The van der Waals surface area contributed by atoms with Crippen LogP contribution in [0.4, 0.5) is 24.5 Å². The van der Waals surface area contributed by atoms with Crippen molar-refractivity contribution in [3.8, 4) is 5.75 Å². The van der Waals surface area contributed by atoms with Gasteiger partial charge in [-0.2, -0.15) is 13.2 Å². The first kappa shape index (κ1) is 15.2. The molecule has 2 rings (SSSR count). The van der Waals surface area contributed by atoms with Crippen molar-refractivity contribution in [2.45, 2.75) is 12.7 Å². The molecule has 0 aliphatic rings. The molecule has 6 heteroatoms. The number of alkyl halides is 3. The van der Waals surface area contributed by atoms with Crippen LogP contribution in [-0.4, -0.2) is 7.11 Å². The van der Waals surface area contributed by atoms with E-state index in [-0.39, 0.29) is 11.4 Å². The molecule has 0 aliphatic heterocycles. The standard InChI is InChI=1S/C15H15F3N2O/c1-21-12-6-7-14(13(8-12)15(16,17)18)20-11-4-2-10(9-19)3-5-11/h2-8,20H,9,19H2,1H3. The summed E-state index contributed by atoms with van der Waals surface area (Å²) in [5.74, 6) is 0.159. The summed E-state index contributed by atoms with van der Waals surface area (Å²) in [5.41, 5.74) is 6.15. The molecule has 0 fully saturated rings. The Labute approximate surface area is 120 Å². The predicted octanol–water partition coefficient (Wildman–Crippen LogP) is 3.92. The molecule has 0 aromatic heterocycles. The molecule has 112 valence electrons. The molecule has 2 aromatic rings. The van der Waals surface area contributed by atoms with Crippen molar-refractivity contribution in [3.63, 3.8) is 0 Å². The topological polar surface area (TPSA) is 47.3 Å². The van der Waals surface area contributed by atoms with Gasteiger partial charge in [0.25, 0.3) is 0 Å². The Bertz CT molecular complexity index is 609. The van der Waals surface area contributed by atoms with Gasteiger partial charge in [-0.3, -0.25) is 0 Å². The molecule has 3 N–H and O–H groups in total. The van der Waals surface area contributed by atoms with Gasteiger partial charge in [0.15, 0.2) is 0 Å². The van der Waals surface area contributed by atoms with E-state index >= 15 is 0 Å². The third-order valence-corrected chi connectivity index (χ3v) is 3.00. The Morgan fingerprint density at radius 1 is 1.10 bits per heavy atom. The molecule has 0 saturated carbocycles. The van der Waals surface area contributed by atoms with Crippen molar-refractivity contribution < 1.29 is 17.9 Å². The summed E-state index contributed by atoms with van der Waals surface area (Å²) >= 11 is 0. The molecule has 0 bridgehead atoms. The van der Waals surface area contributed by atoms with Crippen LogP contribution in [0, 0.1) is 0 Å². The van der Waals surface area contributed by atoms with Gasteiger partial charge in [0, 0.05) is 12.2 Å². The van der Waals surface area contributed by atoms with Gasteiger partial charge < -0.3 is 15.8 Å². The highest BCUT2D eigenvalue weighted by molar-refractivity contribution is 5.65. The number of nitrogens with one attached hydrogen (secondary N) is 1. The van der Waals surface area contributed by atoms with E-state index in [1.54, 1.807) is 24.3 Å². The average molecular weight is 296 g/mol. The molecule has 0 saturated heterocycles. The highest BCUT2D eigenvalue weighted by Gasteiger charge is 2.34. The molecule has 0 radical (unpaired) electrons. The van der Waals surface area contributed by atoms with Crippen LogP contribution in [0.5, 0.6) is 5.75 Å². The molecule has 3 nitrogen and oxygen atoms in total. The van der Waals surface area contributed by atoms with Crippen molar-refractivity contribution in [2.75, 3.05) is 12.4 Å². The highest BCUT2D eigenvalue weighted by atomic mass is 19.4. The molecule has 0 spiro atoms. The Morgan fingerprint density at radius 3 is 2.29 bits per heavy atom. The zero-order valence-corrected chi connectivity index (χ0v) is 11.4. The second kappa shape index (κ2) is 6.05. The maximum atomic E-state index is 13.1. The number of ether oxygens (including phenoxy) is 1. The third-order valence-electron chi connectivity index (χ3n) is 3.00. The first-order valence-corrected chi connectivity index (χ1v) is 6.25. The Hall–Kier alpha value is -2.21. The Kier molecular flexibility index (Phi) is 4.37. The third kappa shape index (κ3) is 3.66. The number of halogens is 3. The van der Waals surface area contributed by atoms with Gasteiger partial charge in [-0.05, 0) is 35.9 Å². The first-order chi connectivity index (χ1) is 9.94. The van der Waals surface area contributed by atoms with Gasteiger partial charge in [0.2, 0.25) is 0 Å². The van der Waals surface area contributed by atoms with Crippen LogP contribution in [0.15, 0.2) is 42.5 Å². The van der Waals surface area contributed by atoms with Crippen molar-refractivity contribution in [1.82, 2.24) is 0 Å². The van der Waals surface area contributed by atoms with Gasteiger partial charge in [0.1, 0.15) is 5.75 Å². The molecule has 21 heavy (non-hydrogen) atoms. The number of nitrogens with two attached hydrogens (primary N) is 1. The van der Waals surface area contributed by atoms with Crippen LogP contribution in [-0.2, 0) is 12.7 Å². The lowest BCUT2D eigenvalue weighted by Crippen LogP contribution is -2.09. The van der Waals surface area contributed by atoms with Crippen LogP contribution in [0.3, 0.4) is 0 Å². The van der Waals surface area contributed by atoms with Crippen molar-refractivity contribution >= 4 is 11.4 Å². The molecule has 0 heterocycles. The van der Waals surface area contributed by atoms with Crippen LogP contribution in [0.2, 0.25) is 0 Å². The number of benzene rings is 2. The lowest BCUT2D eigenvalue weighted by molar-refractivity contribution is -0.137. The van der Waals surface area contributed by atoms with Crippen molar-refractivity contribution in [3.05, 3.63) is 53.6 Å². The Morgan fingerprint density at radius 2 is 1.76 bits per heavy atom. The van der Waals surface area contributed by atoms with Gasteiger partial charge in [0.05, 0.1) is 18.4 Å². The molecule has 0 aliphatic carbocycles. The number of rotatable bonds is 4. The summed E-state index contributed by atoms with van der Waals surface area (Å²) in [6, 6.07) is 10.7. The van der Waals surface area contributed by atoms with Gasteiger partial charge in [-0.1, -0.05) is 12.1 Å². The second-order valence-electron chi connectivity index (χ2n) is 4.44. The van der Waals surface area contributed by atoms with Gasteiger partial charge in [-0.15, -0.1) is 0 Å². The normalized spacial score (nSPS) is 11.3. The van der Waals surface area contributed by atoms with Crippen molar-refractivity contribution in [1.29, 1.82) is 0 Å². The highest BCUT2D eigenvalue weighted by Crippen LogP contribution is 2.38. The van der Waals surface area contributed by atoms with Crippen LogP contribution in [0.1, 0.15) is 11.1 Å². The predicted molar refractivity (Wildman–Crippen MR) is 75.6 cm³/mol. The maximum Gasteiger partial charge on any atom is 0.418 e. The summed E-state index contributed by atoms with van der Waals surface area (Å²) in [5, 5.41) is 2.77. The number of anilines is 2. The molecule has 2 aromatic carbocycles. The summed E-state index contributed by atoms with van der Waals surface area (Å²) < 4.78 is 44.1. The number of methoxy groups -OCH3 is 1. The van der Waals surface area contributed by atoms with E-state index in [0.29, 0.717) is 12.2 Å².